The molecule has 0 atom stereocenters. The van der Waals surface area contributed by atoms with Gasteiger partial charge in [0, 0.05) is 12.6 Å². The minimum Gasteiger partial charge on any atom is -0.384 e. The first kappa shape index (κ1) is 14.3. The van der Waals surface area contributed by atoms with E-state index in [0.717, 1.165) is 0 Å². The lowest BCUT2D eigenvalue weighted by atomic mass is 10.1. The first-order chi connectivity index (χ1) is 9.30. The van der Waals surface area contributed by atoms with Crippen molar-refractivity contribution in [2.24, 2.45) is 5.73 Å². The molecule has 1 heterocycles. The molecule has 0 unspecified atom stereocenters. The Morgan fingerprint density at radius 2 is 1.95 bits per heavy atom. The standard InChI is InChI=1S/C11H10F3N5S/c1-19(7-5-3-2-4-6(7)8(15)16)10-18-17-9(20-10)11(12,13)14/h2-5H,1H3,(H3,15,16). The summed E-state index contributed by atoms with van der Waals surface area (Å²) in [5, 5.41) is 13.2. The summed E-state index contributed by atoms with van der Waals surface area (Å²) in [5.41, 5.74) is 6.36. The fourth-order valence-electron chi connectivity index (χ4n) is 1.56. The average Bonchev–Trinajstić information content (AvgIpc) is 2.87. The third-order valence-electron chi connectivity index (χ3n) is 2.50. The molecule has 0 spiro atoms. The average molecular weight is 301 g/mol. The quantitative estimate of drug-likeness (QED) is 0.674. The van der Waals surface area contributed by atoms with E-state index in [0.29, 0.717) is 22.6 Å². The van der Waals surface area contributed by atoms with Crippen LogP contribution in [0.3, 0.4) is 0 Å². The molecule has 0 aliphatic rings. The molecule has 0 aliphatic heterocycles. The number of rotatable bonds is 3. The van der Waals surface area contributed by atoms with Gasteiger partial charge >= 0.3 is 6.18 Å². The number of nitrogens with zero attached hydrogens (tertiary/aromatic N) is 3. The minimum absolute atomic E-state index is 0.0750. The van der Waals surface area contributed by atoms with Crippen molar-refractivity contribution in [3.05, 3.63) is 34.8 Å². The number of alkyl halides is 3. The van der Waals surface area contributed by atoms with Gasteiger partial charge < -0.3 is 10.6 Å². The summed E-state index contributed by atoms with van der Waals surface area (Å²) in [7, 11) is 1.54. The predicted octanol–water partition coefficient (Wildman–Crippen LogP) is 2.61. The van der Waals surface area contributed by atoms with Gasteiger partial charge in [-0.2, -0.15) is 13.2 Å². The molecule has 0 amide bonds. The minimum atomic E-state index is -4.52. The molecular weight excluding hydrogens is 291 g/mol. The van der Waals surface area contributed by atoms with Gasteiger partial charge in [-0.1, -0.05) is 23.5 Å². The maximum atomic E-state index is 12.5. The second kappa shape index (κ2) is 5.08. The van der Waals surface area contributed by atoms with Crippen LogP contribution in [0.15, 0.2) is 24.3 Å². The number of benzene rings is 1. The molecule has 2 aromatic rings. The lowest BCUT2D eigenvalue weighted by Crippen LogP contribution is -2.18. The molecule has 0 radical (unpaired) electrons. The number of aromatic nitrogens is 2. The van der Waals surface area contributed by atoms with E-state index in [1.54, 1.807) is 31.3 Å². The Morgan fingerprint density at radius 1 is 1.30 bits per heavy atom. The monoisotopic (exact) mass is 301 g/mol. The second-order valence-electron chi connectivity index (χ2n) is 3.88. The number of amidine groups is 1. The van der Waals surface area contributed by atoms with Crippen molar-refractivity contribution in [1.29, 1.82) is 5.41 Å². The Bertz CT molecular complexity index is 637. The lowest BCUT2D eigenvalue weighted by Gasteiger charge is -2.18. The molecule has 1 aromatic heterocycles. The maximum Gasteiger partial charge on any atom is 0.445 e. The molecule has 9 heteroatoms. The van der Waals surface area contributed by atoms with Crippen LogP contribution in [-0.2, 0) is 6.18 Å². The van der Waals surface area contributed by atoms with Gasteiger partial charge in [0.05, 0.1) is 5.69 Å². The Kier molecular flexibility index (Phi) is 3.62. The van der Waals surface area contributed by atoms with E-state index in [1.807, 2.05) is 0 Å². The van der Waals surface area contributed by atoms with Crippen molar-refractivity contribution < 1.29 is 13.2 Å². The number of halogens is 3. The zero-order chi connectivity index (χ0) is 14.9. The molecule has 5 nitrogen and oxygen atoms in total. The highest BCUT2D eigenvalue weighted by Gasteiger charge is 2.36. The van der Waals surface area contributed by atoms with Crippen LogP contribution in [0.5, 0.6) is 0 Å². The topological polar surface area (TPSA) is 78.9 Å². The van der Waals surface area contributed by atoms with E-state index in [-0.39, 0.29) is 11.0 Å². The van der Waals surface area contributed by atoms with Gasteiger partial charge in [-0.15, -0.1) is 10.2 Å². The molecule has 1 aromatic carbocycles. The summed E-state index contributed by atoms with van der Waals surface area (Å²) in [6.07, 6.45) is -4.52. The molecule has 0 bridgehead atoms. The Labute approximate surface area is 116 Å². The molecule has 106 valence electrons. The highest BCUT2D eigenvalue weighted by molar-refractivity contribution is 7.15. The van der Waals surface area contributed by atoms with Crippen LogP contribution in [0.1, 0.15) is 10.6 Å². The Morgan fingerprint density at radius 3 is 2.50 bits per heavy atom. The van der Waals surface area contributed by atoms with Gasteiger partial charge in [-0.3, -0.25) is 5.41 Å². The molecule has 20 heavy (non-hydrogen) atoms. The SMILES string of the molecule is CN(c1nnc(C(F)(F)F)s1)c1ccccc1C(=N)N. The molecule has 0 saturated heterocycles. The van der Waals surface area contributed by atoms with Crippen molar-refractivity contribution >= 4 is 28.0 Å². The van der Waals surface area contributed by atoms with Crippen molar-refractivity contribution in [2.75, 3.05) is 11.9 Å². The number of para-hydroxylation sites is 1. The van der Waals surface area contributed by atoms with Crippen LogP contribution in [0, 0.1) is 5.41 Å². The number of hydrogen-bond acceptors (Lipinski definition) is 5. The normalized spacial score (nSPS) is 11.4. The van der Waals surface area contributed by atoms with Gasteiger partial charge in [0.25, 0.3) is 0 Å². The van der Waals surface area contributed by atoms with E-state index in [1.165, 1.54) is 4.90 Å². The van der Waals surface area contributed by atoms with Gasteiger partial charge in [-0.05, 0) is 12.1 Å². The first-order valence-electron chi connectivity index (χ1n) is 5.38. The van der Waals surface area contributed by atoms with E-state index in [9.17, 15) is 13.2 Å². The number of anilines is 2. The molecule has 2 rings (SSSR count). The van der Waals surface area contributed by atoms with E-state index < -0.39 is 11.2 Å². The van der Waals surface area contributed by atoms with Crippen LogP contribution in [-0.4, -0.2) is 23.1 Å². The summed E-state index contributed by atoms with van der Waals surface area (Å²) in [4.78, 5) is 1.42. The summed E-state index contributed by atoms with van der Waals surface area (Å²) in [5.74, 6) is -0.173. The van der Waals surface area contributed by atoms with Gasteiger partial charge in [0.2, 0.25) is 10.1 Å². The Hall–Kier alpha value is -2.16. The van der Waals surface area contributed by atoms with Crippen molar-refractivity contribution in [1.82, 2.24) is 10.2 Å². The first-order valence-corrected chi connectivity index (χ1v) is 6.20. The van der Waals surface area contributed by atoms with Crippen LogP contribution in [0.4, 0.5) is 24.0 Å². The predicted molar refractivity (Wildman–Crippen MR) is 70.4 cm³/mol. The zero-order valence-electron chi connectivity index (χ0n) is 10.3. The Balaban J connectivity index is 2.39. The summed E-state index contributed by atoms with van der Waals surface area (Å²) in [6, 6.07) is 6.64. The number of nitrogens with two attached hydrogens (primary N) is 1. The van der Waals surface area contributed by atoms with E-state index in [4.69, 9.17) is 11.1 Å². The highest BCUT2D eigenvalue weighted by atomic mass is 32.1. The largest absolute Gasteiger partial charge is 0.445 e. The molecule has 0 aliphatic carbocycles. The smallest absolute Gasteiger partial charge is 0.384 e. The summed E-state index contributed by atoms with van der Waals surface area (Å²) < 4.78 is 37.5. The van der Waals surface area contributed by atoms with Crippen molar-refractivity contribution in [3.63, 3.8) is 0 Å². The zero-order valence-corrected chi connectivity index (χ0v) is 11.1. The van der Waals surface area contributed by atoms with Gasteiger partial charge in [0.15, 0.2) is 0 Å². The molecule has 0 saturated carbocycles. The summed E-state index contributed by atoms with van der Waals surface area (Å²) in [6.45, 7) is 0. The summed E-state index contributed by atoms with van der Waals surface area (Å²) >= 11 is 0.431. The fourth-order valence-corrected chi connectivity index (χ4v) is 2.25. The van der Waals surface area contributed by atoms with Crippen LogP contribution < -0.4 is 10.6 Å². The molecule has 3 N–H and O–H groups in total. The molecular formula is C11H10F3N5S. The molecule has 0 fully saturated rings. The fraction of sp³-hybridized carbons (Fsp3) is 0.182. The number of nitrogens with one attached hydrogen (secondary N) is 1. The van der Waals surface area contributed by atoms with Crippen LogP contribution >= 0.6 is 11.3 Å². The third-order valence-corrected chi connectivity index (χ3v) is 3.54. The number of hydrogen-bond donors (Lipinski definition) is 2. The lowest BCUT2D eigenvalue weighted by molar-refractivity contribution is -0.138. The van der Waals surface area contributed by atoms with Gasteiger partial charge in [0.1, 0.15) is 5.84 Å². The van der Waals surface area contributed by atoms with Crippen molar-refractivity contribution in [2.45, 2.75) is 6.18 Å². The van der Waals surface area contributed by atoms with E-state index in [2.05, 4.69) is 10.2 Å². The van der Waals surface area contributed by atoms with Gasteiger partial charge in [-0.25, -0.2) is 0 Å². The van der Waals surface area contributed by atoms with Crippen LogP contribution in [0.25, 0.3) is 0 Å². The number of nitrogen functional groups attached to an aromatic ring is 1. The van der Waals surface area contributed by atoms with Crippen molar-refractivity contribution in [3.8, 4) is 0 Å². The van der Waals surface area contributed by atoms with Crippen LogP contribution in [0.2, 0.25) is 0 Å². The van der Waals surface area contributed by atoms with E-state index >= 15 is 0 Å². The highest BCUT2D eigenvalue weighted by Crippen LogP contribution is 2.36. The maximum absolute atomic E-state index is 12.5. The third kappa shape index (κ3) is 2.72. The second-order valence-corrected chi connectivity index (χ2v) is 4.83.